The molecule has 0 bridgehead atoms. The lowest BCUT2D eigenvalue weighted by Gasteiger charge is -2.21. The van der Waals surface area contributed by atoms with Crippen molar-refractivity contribution >= 4 is 39.5 Å². The van der Waals surface area contributed by atoms with Crippen LogP contribution in [0.2, 0.25) is 0 Å². The van der Waals surface area contributed by atoms with Crippen LogP contribution >= 0.6 is 15.6 Å². The van der Waals surface area contributed by atoms with Gasteiger partial charge in [-0.2, -0.15) is 0 Å². The average Bonchev–Trinajstić information content (AvgIpc) is 3.53. The zero-order chi connectivity index (χ0) is 65.6. The van der Waals surface area contributed by atoms with Crippen molar-refractivity contribution in [3.8, 4) is 0 Å². The van der Waals surface area contributed by atoms with Crippen molar-refractivity contribution in [2.45, 2.75) is 380 Å². The summed E-state index contributed by atoms with van der Waals surface area (Å²) in [4.78, 5) is 72.3. The van der Waals surface area contributed by atoms with Gasteiger partial charge in [0.1, 0.15) is 19.3 Å². The van der Waals surface area contributed by atoms with Crippen LogP contribution in [0, 0.1) is 5.92 Å². The summed E-state index contributed by atoms with van der Waals surface area (Å²) >= 11 is 0. The SMILES string of the molecule is CCCCCCCCCCCCCCCCCCCCCC(=O)O[C@H](COC(=O)CCCCCCCCCCCCCCC)COP(=O)(O)OC[C@@H](O)COP(=O)(O)OC[C@@H](COC(=O)CCCCCCC)OC(=O)CCCCCCCCCCC(C)CC. The van der Waals surface area contributed by atoms with Gasteiger partial charge in [-0.15, -0.1) is 0 Å². The molecule has 0 heterocycles. The molecule has 17 nitrogen and oxygen atoms in total. The summed E-state index contributed by atoms with van der Waals surface area (Å²) in [5.74, 6) is -1.36. The third-order valence-electron chi connectivity index (χ3n) is 16.6. The van der Waals surface area contributed by atoms with Crippen LogP contribution in [0.15, 0.2) is 0 Å². The Morgan fingerprint density at radius 1 is 0.315 bits per heavy atom. The van der Waals surface area contributed by atoms with Crippen LogP contribution in [0.1, 0.15) is 362 Å². The van der Waals surface area contributed by atoms with E-state index in [1.165, 1.54) is 180 Å². The minimum Gasteiger partial charge on any atom is -0.462 e. The first-order chi connectivity index (χ1) is 43.1. The molecular weight excluding hydrogens is 1170 g/mol. The standard InChI is InChI=1S/C70H136O17P2/c1-6-10-13-16-18-20-22-24-25-26-27-28-29-31-33-35-40-45-50-55-69(74)87-66(60-81-68(73)54-49-44-39-34-32-30-23-21-19-17-14-11-7-2)62-85-89(78,79)83-58-64(71)57-82-88(76,77)84-61-65(59-80-67(72)53-48-42-15-12-8-3)86-70(75)56-51-46-41-37-36-38-43-47-52-63(5)9-4/h63-66,71H,6-62H2,1-5H3,(H,76,77)(H,78,79)/t63?,64-,65+,66+/m0/s1. The summed E-state index contributed by atoms with van der Waals surface area (Å²) < 4.78 is 68.1. The molecule has 0 aliphatic carbocycles. The second-order valence-electron chi connectivity index (χ2n) is 25.5. The first kappa shape index (κ1) is 87.1. The molecular formula is C70H136O17P2. The Morgan fingerprint density at radius 2 is 0.539 bits per heavy atom. The van der Waals surface area contributed by atoms with Gasteiger partial charge in [0.15, 0.2) is 12.2 Å². The number of unbranched alkanes of at least 4 members (excludes halogenated alkanes) is 41. The Hall–Kier alpha value is -1.94. The van der Waals surface area contributed by atoms with Gasteiger partial charge in [0.2, 0.25) is 0 Å². The van der Waals surface area contributed by atoms with Crippen LogP contribution < -0.4 is 0 Å². The van der Waals surface area contributed by atoms with Gasteiger partial charge in [0.05, 0.1) is 26.4 Å². The molecule has 0 aromatic carbocycles. The first-order valence-electron chi connectivity index (χ1n) is 36.7. The van der Waals surface area contributed by atoms with E-state index >= 15 is 0 Å². The highest BCUT2D eigenvalue weighted by atomic mass is 31.2. The fourth-order valence-corrected chi connectivity index (χ4v) is 12.2. The topological polar surface area (TPSA) is 237 Å². The minimum absolute atomic E-state index is 0.104. The molecule has 0 aliphatic rings. The summed E-state index contributed by atoms with van der Waals surface area (Å²) in [5, 5.41) is 10.6. The van der Waals surface area contributed by atoms with E-state index < -0.39 is 97.5 Å². The van der Waals surface area contributed by atoms with E-state index in [1.807, 2.05) is 0 Å². The molecule has 3 unspecified atom stereocenters. The molecule has 0 fully saturated rings. The van der Waals surface area contributed by atoms with Crippen molar-refractivity contribution in [1.82, 2.24) is 0 Å². The molecule has 528 valence electrons. The molecule has 0 aromatic heterocycles. The lowest BCUT2D eigenvalue weighted by Crippen LogP contribution is -2.30. The van der Waals surface area contributed by atoms with E-state index in [0.29, 0.717) is 25.7 Å². The van der Waals surface area contributed by atoms with Gasteiger partial charge in [-0.05, 0) is 31.6 Å². The lowest BCUT2D eigenvalue weighted by molar-refractivity contribution is -0.161. The van der Waals surface area contributed by atoms with Gasteiger partial charge < -0.3 is 33.8 Å². The molecule has 0 saturated carbocycles. The third kappa shape index (κ3) is 63.2. The molecule has 0 rings (SSSR count). The van der Waals surface area contributed by atoms with Gasteiger partial charge in [-0.3, -0.25) is 37.3 Å². The molecule has 0 aromatic rings. The highest BCUT2D eigenvalue weighted by Crippen LogP contribution is 2.45. The Balaban J connectivity index is 5.14. The first-order valence-corrected chi connectivity index (χ1v) is 39.7. The van der Waals surface area contributed by atoms with Crippen molar-refractivity contribution in [2.75, 3.05) is 39.6 Å². The van der Waals surface area contributed by atoms with E-state index in [1.54, 1.807) is 0 Å². The predicted octanol–water partition coefficient (Wildman–Crippen LogP) is 20.1. The molecule has 0 radical (unpaired) electrons. The van der Waals surface area contributed by atoms with Crippen LogP contribution in [0.3, 0.4) is 0 Å². The maximum Gasteiger partial charge on any atom is 0.472 e. The van der Waals surface area contributed by atoms with E-state index in [-0.39, 0.29) is 25.7 Å². The average molecular weight is 1310 g/mol. The maximum atomic E-state index is 13.0. The second kappa shape index (κ2) is 63.5. The van der Waals surface area contributed by atoms with Gasteiger partial charge in [-0.1, -0.05) is 311 Å². The van der Waals surface area contributed by atoms with E-state index in [2.05, 4.69) is 34.6 Å². The smallest absolute Gasteiger partial charge is 0.462 e. The molecule has 89 heavy (non-hydrogen) atoms. The number of carbonyl (C=O) groups is 4. The summed E-state index contributed by atoms with van der Waals surface area (Å²) in [6.07, 6.45) is 50.3. The fraction of sp³-hybridized carbons (Fsp3) is 0.943. The van der Waals surface area contributed by atoms with E-state index in [4.69, 9.17) is 37.0 Å². The molecule has 0 saturated heterocycles. The summed E-state index contributed by atoms with van der Waals surface area (Å²) in [5.41, 5.74) is 0. The Kier molecular flexibility index (Phi) is 62.1. The highest BCUT2D eigenvalue weighted by molar-refractivity contribution is 7.47. The van der Waals surface area contributed by atoms with Crippen LogP contribution in [-0.4, -0.2) is 96.7 Å². The second-order valence-corrected chi connectivity index (χ2v) is 28.4. The number of hydrogen-bond acceptors (Lipinski definition) is 15. The fourth-order valence-electron chi connectivity index (χ4n) is 10.6. The van der Waals surface area contributed by atoms with Crippen molar-refractivity contribution in [3.05, 3.63) is 0 Å². The normalized spacial score (nSPS) is 14.4. The van der Waals surface area contributed by atoms with E-state index in [0.717, 1.165) is 102 Å². The number of rotatable bonds is 70. The number of phosphoric acid groups is 2. The van der Waals surface area contributed by atoms with Crippen molar-refractivity contribution < 1.29 is 80.2 Å². The number of aliphatic hydroxyl groups is 1. The molecule has 0 amide bonds. The van der Waals surface area contributed by atoms with Crippen LogP contribution in [0.4, 0.5) is 0 Å². The molecule has 6 atom stereocenters. The number of ether oxygens (including phenoxy) is 4. The zero-order valence-electron chi connectivity index (χ0n) is 57.6. The molecule has 19 heteroatoms. The van der Waals surface area contributed by atoms with Crippen molar-refractivity contribution in [2.24, 2.45) is 5.92 Å². The Bertz CT molecular complexity index is 1720. The summed E-state index contributed by atoms with van der Waals surface area (Å²) in [6, 6.07) is 0. The number of aliphatic hydroxyl groups excluding tert-OH is 1. The lowest BCUT2D eigenvalue weighted by atomic mass is 9.99. The van der Waals surface area contributed by atoms with Crippen LogP contribution in [0.25, 0.3) is 0 Å². The monoisotopic (exact) mass is 1310 g/mol. The van der Waals surface area contributed by atoms with E-state index in [9.17, 15) is 43.2 Å². The number of hydrogen-bond donors (Lipinski definition) is 3. The number of phosphoric ester groups is 2. The predicted molar refractivity (Wildman–Crippen MR) is 358 cm³/mol. The molecule has 0 spiro atoms. The quantitative estimate of drug-likeness (QED) is 0.0222. The Labute approximate surface area is 543 Å². The minimum atomic E-state index is -4.95. The van der Waals surface area contributed by atoms with Crippen LogP contribution in [0.5, 0.6) is 0 Å². The number of esters is 4. The summed E-state index contributed by atoms with van der Waals surface area (Å²) in [6.45, 7) is 7.15. The van der Waals surface area contributed by atoms with Gasteiger partial charge in [0.25, 0.3) is 0 Å². The molecule has 3 N–H and O–H groups in total. The van der Waals surface area contributed by atoms with Crippen LogP contribution in [-0.2, 0) is 65.4 Å². The Morgan fingerprint density at radius 3 is 0.798 bits per heavy atom. The highest BCUT2D eigenvalue weighted by Gasteiger charge is 2.30. The van der Waals surface area contributed by atoms with Crippen molar-refractivity contribution in [3.63, 3.8) is 0 Å². The summed E-state index contributed by atoms with van der Waals surface area (Å²) in [7, 11) is -9.89. The maximum absolute atomic E-state index is 13.0. The molecule has 0 aliphatic heterocycles. The largest absolute Gasteiger partial charge is 0.472 e. The third-order valence-corrected chi connectivity index (χ3v) is 18.5. The number of carbonyl (C=O) groups excluding carboxylic acids is 4. The van der Waals surface area contributed by atoms with Crippen molar-refractivity contribution in [1.29, 1.82) is 0 Å². The van der Waals surface area contributed by atoms with Gasteiger partial charge in [-0.25, -0.2) is 9.13 Å². The zero-order valence-corrected chi connectivity index (χ0v) is 59.4. The van der Waals surface area contributed by atoms with Gasteiger partial charge >= 0.3 is 39.5 Å². The van der Waals surface area contributed by atoms with Gasteiger partial charge in [0, 0.05) is 25.7 Å².